The summed E-state index contributed by atoms with van der Waals surface area (Å²) in [5, 5.41) is 9.76. The molecule has 3 nitrogen and oxygen atoms in total. The van der Waals surface area contributed by atoms with E-state index in [4.69, 9.17) is 4.74 Å². The zero-order valence-electron chi connectivity index (χ0n) is 9.14. The topological polar surface area (TPSA) is 32.7 Å². The third kappa shape index (κ3) is 2.87. The van der Waals surface area contributed by atoms with Crippen molar-refractivity contribution in [2.45, 2.75) is 18.9 Å². The minimum atomic E-state index is -0.0432. The van der Waals surface area contributed by atoms with Crippen LogP contribution in [0.5, 0.6) is 0 Å². The molecule has 3 atom stereocenters. The van der Waals surface area contributed by atoms with Gasteiger partial charge in [0.05, 0.1) is 19.3 Å². The average Bonchev–Trinajstić information content (AvgIpc) is 2.76. The molecule has 0 spiro atoms. The second kappa shape index (κ2) is 5.53. The highest BCUT2D eigenvalue weighted by molar-refractivity contribution is 7.80. The number of hydrogen-bond acceptors (Lipinski definition) is 4. The number of ether oxygens (including phenoxy) is 1. The number of fused-ring (bicyclic) bond motifs is 1. The van der Waals surface area contributed by atoms with Gasteiger partial charge in [0.2, 0.25) is 0 Å². The Morgan fingerprint density at radius 1 is 1.27 bits per heavy atom. The highest BCUT2D eigenvalue weighted by Gasteiger charge is 2.41. The average molecular weight is 231 g/mol. The molecule has 2 rings (SSSR count). The maximum Gasteiger partial charge on any atom is 0.0593 e. The summed E-state index contributed by atoms with van der Waals surface area (Å²) in [4.78, 5) is 2.43. The van der Waals surface area contributed by atoms with Crippen LogP contribution in [-0.2, 0) is 4.74 Å². The first kappa shape index (κ1) is 11.7. The summed E-state index contributed by atoms with van der Waals surface area (Å²) < 4.78 is 5.41. The SMILES string of the molecule is OC1CCC2CN(CCOCCS)CC12. The summed E-state index contributed by atoms with van der Waals surface area (Å²) in [6.07, 6.45) is 2.18. The van der Waals surface area contributed by atoms with E-state index in [1.807, 2.05) is 0 Å². The normalized spacial score (nSPS) is 36.0. The Kier molecular flexibility index (Phi) is 4.31. The number of aliphatic hydroxyl groups excluding tert-OH is 1. The molecule has 0 aromatic heterocycles. The lowest BCUT2D eigenvalue weighted by Gasteiger charge is -2.17. The molecule has 0 bridgehead atoms. The van der Waals surface area contributed by atoms with Gasteiger partial charge in [0.15, 0.2) is 0 Å². The number of thiol groups is 1. The summed E-state index contributed by atoms with van der Waals surface area (Å²) in [6, 6.07) is 0. The molecule has 15 heavy (non-hydrogen) atoms. The first-order chi connectivity index (χ1) is 7.31. The molecule has 4 heteroatoms. The minimum Gasteiger partial charge on any atom is -0.393 e. The Morgan fingerprint density at radius 2 is 2.13 bits per heavy atom. The van der Waals surface area contributed by atoms with Crippen molar-refractivity contribution in [1.82, 2.24) is 4.90 Å². The van der Waals surface area contributed by atoms with E-state index in [1.165, 1.54) is 6.42 Å². The van der Waals surface area contributed by atoms with Gasteiger partial charge in [-0.25, -0.2) is 0 Å². The Morgan fingerprint density at radius 3 is 2.87 bits per heavy atom. The lowest BCUT2D eigenvalue weighted by atomic mass is 10.00. The smallest absolute Gasteiger partial charge is 0.0593 e. The maximum atomic E-state index is 9.76. The van der Waals surface area contributed by atoms with Crippen molar-refractivity contribution >= 4 is 12.6 Å². The van der Waals surface area contributed by atoms with Crippen LogP contribution in [0.3, 0.4) is 0 Å². The molecular weight excluding hydrogens is 210 g/mol. The van der Waals surface area contributed by atoms with Gasteiger partial charge in [0, 0.05) is 31.3 Å². The van der Waals surface area contributed by atoms with E-state index in [0.29, 0.717) is 5.92 Å². The molecule has 0 aromatic carbocycles. The fourth-order valence-electron chi connectivity index (χ4n) is 2.87. The lowest BCUT2D eigenvalue weighted by Crippen LogP contribution is -2.28. The van der Waals surface area contributed by atoms with Crippen molar-refractivity contribution in [3.63, 3.8) is 0 Å². The van der Waals surface area contributed by atoms with E-state index in [0.717, 1.165) is 50.9 Å². The highest BCUT2D eigenvalue weighted by atomic mass is 32.1. The predicted octanol–water partition coefficient (Wildman–Crippen LogP) is 0.635. The van der Waals surface area contributed by atoms with Gasteiger partial charge in [0.25, 0.3) is 0 Å². The molecule has 0 aromatic rings. The fourth-order valence-corrected chi connectivity index (χ4v) is 3.00. The second-order valence-electron chi connectivity index (χ2n) is 4.66. The molecule has 1 N–H and O–H groups in total. The Bertz CT molecular complexity index is 203. The van der Waals surface area contributed by atoms with Crippen LogP contribution in [0.2, 0.25) is 0 Å². The van der Waals surface area contributed by atoms with Gasteiger partial charge < -0.3 is 14.7 Å². The highest BCUT2D eigenvalue weighted by Crippen LogP contribution is 2.37. The van der Waals surface area contributed by atoms with Gasteiger partial charge in [-0.3, -0.25) is 0 Å². The molecule has 1 aliphatic heterocycles. The van der Waals surface area contributed by atoms with E-state index in [9.17, 15) is 5.11 Å². The summed E-state index contributed by atoms with van der Waals surface area (Å²) in [5.74, 6) is 2.07. The zero-order valence-corrected chi connectivity index (χ0v) is 10.0. The van der Waals surface area contributed by atoms with Gasteiger partial charge in [-0.05, 0) is 18.8 Å². The molecule has 2 fully saturated rings. The second-order valence-corrected chi connectivity index (χ2v) is 5.11. The minimum absolute atomic E-state index is 0.0432. The Labute approximate surface area is 97.2 Å². The van der Waals surface area contributed by atoms with Crippen LogP contribution in [0.1, 0.15) is 12.8 Å². The van der Waals surface area contributed by atoms with Crippen molar-refractivity contribution in [2.75, 3.05) is 38.6 Å². The Hall–Kier alpha value is 0.230. The summed E-state index contributed by atoms with van der Waals surface area (Å²) in [6.45, 7) is 4.78. The van der Waals surface area contributed by atoms with Crippen molar-refractivity contribution < 1.29 is 9.84 Å². The van der Waals surface area contributed by atoms with Gasteiger partial charge in [-0.1, -0.05) is 0 Å². The number of nitrogens with zero attached hydrogens (tertiary/aromatic N) is 1. The fraction of sp³-hybridized carbons (Fsp3) is 1.00. The zero-order chi connectivity index (χ0) is 10.7. The lowest BCUT2D eigenvalue weighted by molar-refractivity contribution is 0.105. The number of aliphatic hydroxyl groups is 1. The maximum absolute atomic E-state index is 9.76. The standard InChI is InChI=1S/C11H21NO2S/c13-11-2-1-9-7-12(8-10(9)11)3-4-14-5-6-15/h9-11,13,15H,1-8H2. The number of likely N-dealkylation sites (tertiary alicyclic amines) is 1. The first-order valence-electron chi connectivity index (χ1n) is 5.90. The van der Waals surface area contributed by atoms with Crippen molar-refractivity contribution in [2.24, 2.45) is 11.8 Å². The first-order valence-corrected chi connectivity index (χ1v) is 6.53. The molecule has 1 saturated heterocycles. The van der Waals surface area contributed by atoms with Crippen LogP contribution in [-0.4, -0.2) is 54.7 Å². The summed E-state index contributed by atoms with van der Waals surface area (Å²) >= 11 is 4.10. The monoisotopic (exact) mass is 231 g/mol. The van der Waals surface area contributed by atoms with Crippen LogP contribution in [0.15, 0.2) is 0 Å². The van der Waals surface area contributed by atoms with E-state index in [-0.39, 0.29) is 6.10 Å². The van der Waals surface area contributed by atoms with Crippen LogP contribution in [0.4, 0.5) is 0 Å². The molecule has 0 amide bonds. The van der Waals surface area contributed by atoms with Crippen molar-refractivity contribution in [3.8, 4) is 0 Å². The van der Waals surface area contributed by atoms with Crippen LogP contribution < -0.4 is 0 Å². The van der Waals surface area contributed by atoms with E-state index in [2.05, 4.69) is 17.5 Å². The van der Waals surface area contributed by atoms with Gasteiger partial charge in [0.1, 0.15) is 0 Å². The van der Waals surface area contributed by atoms with E-state index in [1.54, 1.807) is 0 Å². The van der Waals surface area contributed by atoms with E-state index >= 15 is 0 Å². The third-order valence-corrected chi connectivity index (χ3v) is 3.86. The van der Waals surface area contributed by atoms with E-state index < -0.39 is 0 Å². The summed E-state index contributed by atoms with van der Waals surface area (Å²) in [5.41, 5.74) is 0. The largest absolute Gasteiger partial charge is 0.393 e. The van der Waals surface area contributed by atoms with Crippen molar-refractivity contribution in [1.29, 1.82) is 0 Å². The summed E-state index contributed by atoms with van der Waals surface area (Å²) in [7, 11) is 0. The molecule has 2 aliphatic rings. The predicted molar refractivity (Wildman–Crippen MR) is 63.3 cm³/mol. The molecule has 0 radical (unpaired) electrons. The Balaban J connectivity index is 1.65. The number of hydrogen-bond donors (Lipinski definition) is 2. The van der Waals surface area contributed by atoms with Crippen LogP contribution in [0.25, 0.3) is 0 Å². The van der Waals surface area contributed by atoms with Gasteiger partial charge in [-0.15, -0.1) is 0 Å². The molecule has 1 heterocycles. The molecule has 1 aliphatic carbocycles. The van der Waals surface area contributed by atoms with Gasteiger partial charge in [-0.2, -0.15) is 12.6 Å². The quantitative estimate of drug-likeness (QED) is 0.538. The van der Waals surface area contributed by atoms with Crippen molar-refractivity contribution in [3.05, 3.63) is 0 Å². The molecule has 1 saturated carbocycles. The van der Waals surface area contributed by atoms with Crippen LogP contribution in [0, 0.1) is 11.8 Å². The molecular formula is C11H21NO2S. The molecule has 88 valence electrons. The third-order valence-electron chi connectivity index (χ3n) is 3.68. The number of rotatable bonds is 5. The van der Waals surface area contributed by atoms with Gasteiger partial charge >= 0.3 is 0 Å². The molecule has 3 unspecified atom stereocenters. The van der Waals surface area contributed by atoms with Crippen LogP contribution >= 0.6 is 12.6 Å².